The van der Waals surface area contributed by atoms with Gasteiger partial charge in [-0.25, -0.2) is 4.98 Å². The monoisotopic (exact) mass is 419 g/mol. The summed E-state index contributed by atoms with van der Waals surface area (Å²) in [6, 6.07) is 10.0. The number of anilines is 1. The van der Waals surface area contributed by atoms with Gasteiger partial charge in [-0.15, -0.1) is 6.42 Å². The Kier molecular flexibility index (Phi) is 6.28. The Balaban J connectivity index is 1.49. The summed E-state index contributed by atoms with van der Waals surface area (Å²) in [5.41, 5.74) is 10.2. The molecular weight excluding hydrogens is 390 g/mol. The third-order valence-corrected chi connectivity index (χ3v) is 5.55. The van der Waals surface area contributed by atoms with Gasteiger partial charge in [0.15, 0.2) is 17.1 Å². The Morgan fingerprint density at radius 2 is 2.10 bits per heavy atom. The molecule has 3 heterocycles. The van der Waals surface area contributed by atoms with Crippen LogP contribution in [0.5, 0.6) is 11.5 Å². The quantitative estimate of drug-likeness (QED) is 0.592. The first-order valence-corrected chi connectivity index (χ1v) is 10.7. The molecule has 162 valence electrons. The van der Waals surface area contributed by atoms with E-state index in [1.165, 1.54) is 5.56 Å². The van der Waals surface area contributed by atoms with Crippen LogP contribution < -0.4 is 15.2 Å². The number of terminal acetylenes is 1. The molecule has 0 unspecified atom stereocenters. The molecule has 4 rings (SSSR count). The number of aryl methyl sites for hydroxylation is 1. The summed E-state index contributed by atoms with van der Waals surface area (Å²) in [5.74, 6) is 4.90. The zero-order chi connectivity index (χ0) is 21.8. The molecule has 1 aliphatic heterocycles. The molecule has 2 N–H and O–H groups in total. The number of nitrogens with two attached hydrogens (primary N) is 1. The molecule has 0 saturated carbocycles. The number of likely N-dealkylation sites (tertiary alicyclic amines) is 1. The molecule has 1 aromatic carbocycles. The Hall–Kier alpha value is -3.24. The Bertz CT molecular complexity index is 1100. The van der Waals surface area contributed by atoms with Gasteiger partial charge in [0.2, 0.25) is 0 Å². The van der Waals surface area contributed by atoms with Gasteiger partial charge in [0.05, 0.1) is 18.0 Å². The van der Waals surface area contributed by atoms with Crippen molar-refractivity contribution in [2.45, 2.75) is 39.2 Å². The number of hydrogen-bond donors (Lipinski definition) is 1. The molecule has 1 atom stereocenters. The molecular formula is C24H29N5O2. The van der Waals surface area contributed by atoms with Crippen molar-refractivity contribution in [2.24, 2.45) is 0 Å². The minimum absolute atomic E-state index is 0.227. The highest BCUT2D eigenvalue weighted by molar-refractivity contribution is 5.49. The Morgan fingerprint density at radius 3 is 2.90 bits per heavy atom. The van der Waals surface area contributed by atoms with E-state index in [0.29, 0.717) is 24.1 Å². The number of nitrogens with zero attached hydrogens (tertiary/aromatic N) is 4. The topological polar surface area (TPSA) is 77.9 Å². The predicted molar refractivity (Wildman–Crippen MR) is 121 cm³/mol. The smallest absolute Gasteiger partial charge is 0.162 e. The number of piperidine rings is 1. The minimum atomic E-state index is 0.227. The molecule has 0 radical (unpaired) electrons. The average Bonchev–Trinajstić information content (AvgIpc) is 3.14. The normalized spacial score (nSPS) is 16.9. The van der Waals surface area contributed by atoms with E-state index in [2.05, 4.69) is 28.1 Å². The van der Waals surface area contributed by atoms with Crippen LogP contribution in [0.3, 0.4) is 0 Å². The molecule has 1 fully saturated rings. The van der Waals surface area contributed by atoms with Crippen LogP contribution in [0.2, 0.25) is 0 Å². The van der Waals surface area contributed by atoms with E-state index in [-0.39, 0.29) is 6.61 Å². The molecule has 0 spiro atoms. The van der Waals surface area contributed by atoms with Crippen molar-refractivity contribution >= 4 is 11.5 Å². The van der Waals surface area contributed by atoms with E-state index in [1.54, 1.807) is 4.52 Å². The SMILES string of the molecule is C#CCOc1ccc(CN2CCC[C@@H](c3cc(N)n4nc(C)cc4n3)C2)cc1OCC. The first kappa shape index (κ1) is 21.0. The molecule has 7 heteroatoms. The summed E-state index contributed by atoms with van der Waals surface area (Å²) in [5, 5.41) is 4.40. The van der Waals surface area contributed by atoms with E-state index in [0.717, 1.165) is 55.3 Å². The van der Waals surface area contributed by atoms with Gasteiger partial charge in [-0.2, -0.15) is 9.61 Å². The highest BCUT2D eigenvalue weighted by Crippen LogP contribution is 2.31. The second kappa shape index (κ2) is 9.27. The third-order valence-electron chi connectivity index (χ3n) is 5.55. The van der Waals surface area contributed by atoms with Crippen LogP contribution in [0.15, 0.2) is 30.3 Å². The van der Waals surface area contributed by atoms with Crippen LogP contribution >= 0.6 is 0 Å². The largest absolute Gasteiger partial charge is 0.490 e. The van der Waals surface area contributed by atoms with Crippen LogP contribution in [-0.2, 0) is 6.54 Å². The molecule has 0 aliphatic carbocycles. The van der Waals surface area contributed by atoms with Gasteiger partial charge in [0.25, 0.3) is 0 Å². The number of hydrogen-bond acceptors (Lipinski definition) is 6. The summed E-state index contributed by atoms with van der Waals surface area (Å²) < 4.78 is 13.1. The van der Waals surface area contributed by atoms with Crippen molar-refractivity contribution in [3.63, 3.8) is 0 Å². The predicted octanol–water partition coefficient (Wildman–Crippen LogP) is 3.41. The molecule has 31 heavy (non-hydrogen) atoms. The molecule has 2 aromatic heterocycles. The maximum Gasteiger partial charge on any atom is 0.162 e. The third kappa shape index (κ3) is 4.75. The van der Waals surface area contributed by atoms with Crippen molar-refractivity contribution in [1.82, 2.24) is 19.5 Å². The fourth-order valence-corrected chi connectivity index (χ4v) is 4.20. The molecule has 0 bridgehead atoms. The van der Waals surface area contributed by atoms with Crippen LogP contribution in [0.25, 0.3) is 5.65 Å². The Labute approximate surface area is 183 Å². The molecule has 0 amide bonds. The standard InChI is InChI=1S/C24H29N5O2/c1-4-11-31-21-9-8-18(13-22(21)30-5-2)15-28-10-6-7-19(16-28)20-14-23(25)29-24(26-20)12-17(3)27-29/h1,8-9,12-14,19H,5-7,10-11,15-16,25H2,2-3H3/t19-/m1/s1. The zero-order valence-corrected chi connectivity index (χ0v) is 18.2. The number of nitrogen functional groups attached to an aromatic ring is 1. The van der Waals surface area contributed by atoms with Crippen molar-refractivity contribution in [1.29, 1.82) is 0 Å². The van der Waals surface area contributed by atoms with Gasteiger partial charge in [-0.3, -0.25) is 4.90 Å². The Morgan fingerprint density at radius 1 is 1.23 bits per heavy atom. The first-order valence-electron chi connectivity index (χ1n) is 10.7. The van der Waals surface area contributed by atoms with Crippen LogP contribution in [0, 0.1) is 19.3 Å². The number of aromatic nitrogens is 3. The summed E-state index contributed by atoms with van der Waals surface area (Å²) in [6.07, 6.45) is 7.54. The van der Waals surface area contributed by atoms with E-state index < -0.39 is 0 Å². The summed E-state index contributed by atoms with van der Waals surface area (Å²) >= 11 is 0. The van der Waals surface area contributed by atoms with Crippen LogP contribution in [-0.4, -0.2) is 45.8 Å². The second-order valence-corrected chi connectivity index (χ2v) is 7.94. The van der Waals surface area contributed by atoms with E-state index >= 15 is 0 Å². The molecule has 3 aromatic rings. The van der Waals surface area contributed by atoms with Gasteiger partial charge < -0.3 is 15.2 Å². The summed E-state index contributed by atoms with van der Waals surface area (Å²) in [4.78, 5) is 7.30. The minimum Gasteiger partial charge on any atom is -0.490 e. The van der Waals surface area contributed by atoms with Crippen LogP contribution in [0.4, 0.5) is 5.82 Å². The fourth-order valence-electron chi connectivity index (χ4n) is 4.20. The highest BCUT2D eigenvalue weighted by Gasteiger charge is 2.24. The second-order valence-electron chi connectivity index (χ2n) is 7.94. The first-order chi connectivity index (χ1) is 15.1. The van der Waals surface area contributed by atoms with Crippen molar-refractivity contribution < 1.29 is 9.47 Å². The van der Waals surface area contributed by atoms with Crippen molar-refractivity contribution in [2.75, 3.05) is 32.0 Å². The van der Waals surface area contributed by atoms with Gasteiger partial charge >= 0.3 is 0 Å². The number of fused-ring (bicyclic) bond motifs is 1. The van der Waals surface area contributed by atoms with Gasteiger partial charge in [0, 0.05) is 31.1 Å². The summed E-state index contributed by atoms with van der Waals surface area (Å²) in [6.45, 7) is 7.56. The highest BCUT2D eigenvalue weighted by atomic mass is 16.5. The average molecular weight is 420 g/mol. The van der Waals surface area contributed by atoms with Gasteiger partial charge in [-0.05, 0) is 50.9 Å². The maximum absolute atomic E-state index is 6.24. The zero-order valence-electron chi connectivity index (χ0n) is 18.2. The van der Waals surface area contributed by atoms with Gasteiger partial charge in [0.1, 0.15) is 12.4 Å². The molecule has 1 aliphatic rings. The number of benzene rings is 1. The van der Waals surface area contributed by atoms with Crippen molar-refractivity contribution in [3.05, 3.63) is 47.3 Å². The molecule has 1 saturated heterocycles. The van der Waals surface area contributed by atoms with Crippen LogP contribution in [0.1, 0.15) is 42.6 Å². The summed E-state index contributed by atoms with van der Waals surface area (Å²) in [7, 11) is 0. The van der Waals surface area contributed by atoms with E-state index in [4.69, 9.17) is 26.6 Å². The molecule has 7 nitrogen and oxygen atoms in total. The van der Waals surface area contributed by atoms with Crippen molar-refractivity contribution in [3.8, 4) is 23.8 Å². The lowest BCUT2D eigenvalue weighted by molar-refractivity contribution is 0.198. The van der Waals surface area contributed by atoms with Gasteiger partial charge in [-0.1, -0.05) is 12.0 Å². The van der Waals surface area contributed by atoms with E-state index in [9.17, 15) is 0 Å². The van der Waals surface area contributed by atoms with E-state index in [1.807, 2.05) is 32.0 Å². The number of ether oxygens (including phenoxy) is 2. The lowest BCUT2D eigenvalue weighted by Gasteiger charge is -2.32. The lowest BCUT2D eigenvalue weighted by atomic mass is 9.94. The lowest BCUT2D eigenvalue weighted by Crippen LogP contribution is -2.34. The fraction of sp³-hybridized carbons (Fsp3) is 0.417. The number of rotatable bonds is 7. The maximum atomic E-state index is 6.24.